The highest BCUT2D eigenvalue weighted by atomic mass is 15.3. The Morgan fingerprint density at radius 3 is 2.30 bits per heavy atom. The van der Waals surface area contributed by atoms with Crippen LogP contribution in [0.3, 0.4) is 0 Å². The van der Waals surface area contributed by atoms with Gasteiger partial charge in [0.15, 0.2) is 0 Å². The Morgan fingerprint density at radius 2 is 1.42 bits per heavy atom. The van der Waals surface area contributed by atoms with Crippen LogP contribution in [0.4, 0.5) is 0 Å². The Bertz CT molecular complexity index is 2980. The number of aromatic nitrogens is 1. The number of hydrogen-bond donors (Lipinski definition) is 3. The van der Waals surface area contributed by atoms with Crippen molar-refractivity contribution in [1.29, 1.82) is 0 Å². The zero-order chi connectivity index (χ0) is 38.1. The molecule has 0 saturated heterocycles. The van der Waals surface area contributed by atoms with Gasteiger partial charge < -0.3 is 10.6 Å². The van der Waals surface area contributed by atoms with Crippen LogP contribution in [0.1, 0.15) is 59.6 Å². The van der Waals surface area contributed by atoms with Crippen LogP contribution in [0.5, 0.6) is 0 Å². The molecule has 4 aliphatic rings. The molecule has 0 saturated carbocycles. The lowest BCUT2D eigenvalue weighted by atomic mass is 9.81. The van der Waals surface area contributed by atoms with E-state index in [4.69, 9.17) is 4.99 Å². The zero-order valence-corrected chi connectivity index (χ0v) is 31.9. The second kappa shape index (κ2) is 13.1. The van der Waals surface area contributed by atoms with Crippen molar-refractivity contribution in [3.8, 4) is 22.3 Å². The maximum absolute atomic E-state index is 5.39. The third-order valence-electron chi connectivity index (χ3n) is 12.2. The van der Waals surface area contributed by atoms with Gasteiger partial charge in [0.1, 0.15) is 18.2 Å². The monoisotopic (exact) mass is 735 g/mol. The lowest BCUT2D eigenvalue weighted by Crippen LogP contribution is -2.46. The van der Waals surface area contributed by atoms with Crippen LogP contribution in [0.15, 0.2) is 181 Å². The van der Waals surface area contributed by atoms with Crippen molar-refractivity contribution in [1.82, 2.24) is 20.9 Å². The Kier molecular flexibility index (Phi) is 7.73. The molecule has 274 valence electrons. The number of allylic oxidation sites excluding steroid dienone is 2. The van der Waals surface area contributed by atoms with Gasteiger partial charge in [0.2, 0.25) is 0 Å². The van der Waals surface area contributed by atoms with Gasteiger partial charge >= 0.3 is 0 Å². The fourth-order valence-corrected chi connectivity index (χ4v) is 9.34. The fraction of sp³-hybridized carbons (Fsp3) is 0.115. The number of hydrogen-bond acceptors (Lipinski definition) is 5. The first-order valence-corrected chi connectivity index (χ1v) is 19.8. The lowest BCUT2D eigenvalue weighted by molar-refractivity contribution is 0.409. The van der Waals surface area contributed by atoms with Crippen molar-refractivity contribution >= 4 is 27.9 Å². The van der Waals surface area contributed by atoms with Crippen LogP contribution in [0.2, 0.25) is 0 Å². The minimum atomic E-state index is -0.330. The average Bonchev–Trinajstić information content (AvgIpc) is 3.51. The standard InChI is InChI=1S/C52H41N5/c1-52(2)44-24-22-32-13-9-10-18-39(32)47(44)42-23-21-35(30-45(42)52)36-27-37(48-43-31-53-26-25-40(43)41-19-11-12-20-46(41)54-48)29-38(28-36)51-56-49(33-14-5-3-6-15-33)55-50(57-51)34-16-7-4-8-17-34/h3-31,46,49,51,54,56H,1-2H3,(H,55,57). The average molecular weight is 736 g/mol. The number of rotatable bonds is 5. The highest BCUT2D eigenvalue weighted by Gasteiger charge is 2.37. The van der Waals surface area contributed by atoms with Gasteiger partial charge in [-0.2, -0.15) is 0 Å². The Morgan fingerprint density at radius 1 is 0.614 bits per heavy atom. The molecule has 0 fully saturated rings. The van der Waals surface area contributed by atoms with Crippen molar-refractivity contribution in [3.05, 3.63) is 220 Å². The minimum Gasteiger partial charge on any atom is -0.374 e. The van der Waals surface area contributed by atoms with Crippen LogP contribution in [-0.4, -0.2) is 16.9 Å². The molecule has 3 atom stereocenters. The lowest BCUT2D eigenvalue weighted by Gasteiger charge is -2.33. The normalized spacial score (nSPS) is 19.8. The van der Waals surface area contributed by atoms with E-state index >= 15 is 0 Å². The second-order valence-electron chi connectivity index (χ2n) is 16.0. The van der Waals surface area contributed by atoms with Crippen LogP contribution >= 0.6 is 0 Å². The SMILES string of the molecule is CC1(C)c2cc(-c3cc(C4=c5cnccc5=C5C=CC=CC5N4)cc(C4N=C(c5ccccc5)NC(c5ccccc5)N4)c3)ccc2-c2c1ccc1ccccc21. The summed E-state index contributed by atoms with van der Waals surface area (Å²) < 4.78 is 0. The molecular weight excluding hydrogens is 695 g/mol. The summed E-state index contributed by atoms with van der Waals surface area (Å²) in [6.07, 6.45) is 12.1. The van der Waals surface area contributed by atoms with Gasteiger partial charge in [-0.3, -0.25) is 10.3 Å². The first-order chi connectivity index (χ1) is 28.0. The molecule has 0 amide bonds. The van der Waals surface area contributed by atoms with Crippen LogP contribution in [0.25, 0.3) is 44.3 Å². The minimum absolute atomic E-state index is 0.0586. The molecule has 11 rings (SSSR count). The Balaban J connectivity index is 1.12. The van der Waals surface area contributed by atoms with Gasteiger partial charge in [0.25, 0.3) is 0 Å². The number of pyridine rings is 1. The second-order valence-corrected chi connectivity index (χ2v) is 16.0. The summed E-state index contributed by atoms with van der Waals surface area (Å²) in [6, 6.07) is 50.7. The van der Waals surface area contributed by atoms with Crippen molar-refractivity contribution in [2.45, 2.75) is 37.6 Å². The summed E-state index contributed by atoms with van der Waals surface area (Å²) in [5.41, 5.74) is 14.3. The molecule has 7 aromatic rings. The summed E-state index contributed by atoms with van der Waals surface area (Å²) in [7, 11) is 0. The first kappa shape index (κ1) is 33.5. The molecule has 2 aliphatic heterocycles. The molecule has 0 radical (unpaired) electrons. The third-order valence-corrected chi connectivity index (χ3v) is 12.2. The Hall–Kier alpha value is -6.82. The van der Waals surface area contributed by atoms with E-state index in [1.165, 1.54) is 49.4 Å². The highest BCUT2D eigenvalue weighted by Crippen LogP contribution is 2.52. The molecule has 57 heavy (non-hydrogen) atoms. The van der Waals surface area contributed by atoms with E-state index in [2.05, 4.69) is 193 Å². The van der Waals surface area contributed by atoms with E-state index in [0.717, 1.165) is 44.6 Å². The van der Waals surface area contributed by atoms with E-state index in [9.17, 15) is 0 Å². The zero-order valence-electron chi connectivity index (χ0n) is 31.9. The maximum Gasteiger partial charge on any atom is 0.131 e. The van der Waals surface area contributed by atoms with Crippen molar-refractivity contribution < 1.29 is 0 Å². The van der Waals surface area contributed by atoms with Crippen molar-refractivity contribution in [2.75, 3.05) is 0 Å². The van der Waals surface area contributed by atoms with Crippen LogP contribution < -0.4 is 26.4 Å². The van der Waals surface area contributed by atoms with Crippen molar-refractivity contribution in [3.63, 3.8) is 0 Å². The quantitative estimate of drug-likeness (QED) is 0.165. The Labute approximate surface area is 332 Å². The molecule has 0 spiro atoms. The summed E-state index contributed by atoms with van der Waals surface area (Å²) in [6.45, 7) is 4.74. The van der Waals surface area contributed by atoms with E-state index in [1.54, 1.807) is 0 Å². The van der Waals surface area contributed by atoms with Gasteiger partial charge in [-0.25, -0.2) is 4.99 Å². The summed E-state index contributed by atoms with van der Waals surface area (Å²) >= 11 is 0. The number of fused-ring (bicyclic) bond motifs is 7. The molecule has 1 aromatic heterocycles. The maximum atomic E-state index is 5.39. The van der Waals surface area contributed by atoms with Crippen molar-refractivity contribution in [2.24, 2.45) is 4.99 Å². The fourth-order valence-electron chi connectivity index (χ4n) is 9.34. The number of benzene rings is 6. The van der Waals surface area contributed by atoms with Gasteiger partial charge in [-0.15, -0.1) is 0 Å². The summed E-state index contributed by atoms with van der Waals surface area (Å²) in [5, 5.41) is 16.4. The molecule has 0 bridgehead atoms. The number of amidine groups is 1. The van der Waals surface area contributed by atoms with E-state index < -0.39 is 0 Å². The largest absolute Gasteiger partial charge is 0.374 e. The van der Waals surface area contributed by atoms with Gasteiger partial charge in [-0.05, 0) is 102 Å². The number of nitrogens with zero attached hydrogens (tertiary/aromatic N) is 2. The number of aliphatic imine (C=N–C) groups is 1. The molecule has 6 aromatic carbocycles. The van der Waals surface area contributed by atoms with Gasteiger partial charge in [-0.1, -0.05) is 147 Å². The molecule has 2 aliphatic carbocycles. The number of nitrogens with one attached hydrogen (secondary N) is 3. The predicted octanol–water partition coefficient (Wildman–Crippen LogP) is 8.95. The first-order valence-electron chi connectivity index (χ1n) is 19.8. The van der Waals surface area contributed by atoms with Gasteiger partial charge in [0.05, 0.1) is 11.7 Å². The topological polar surface area (TPSA) is 61.3 Å². The molecule has 3 N–H and O–H groups in total. The van der Waals surface area contributed by atoms with E-state index in [-0.39, 0.29) is 23.8 Å². The van der Waals surface area contributed by atoms with Gasteiger partial charge in [0, 0.05) is 28.6 Å². The third kappa shape index (κ3) is 5.57. The molecule has 5 heteroatoms. The summed E-state index contributed by atoms with van der Waals surface area (Å²) in [4.78, 5) is 10.0. The summed E-state index contributed by atoms with van der Waals surface area (Å²) in [5.74, 6) is 0.862. The van der Waals surface area contributed by atoms with E-state index in [0.29, 0.717) is 0 Å². The van der Waals surface area contributed by atoms with Crippen LogP contribution in [0, 0.1) is 0 Å². The van der Waals surface area contributed by atoms with Crippen LogP contribution in [-0.2, 0) is 5.41 Å². The van der Waals surface area contributed by atoms with E-state index in [1.807, 2.05) is 18.5 Å². The predicted molar refractivity (Wildman–Crippen MR) is 233 cm³/mol. The smallest absolute Gasteiger partial charge is 0.131 e. The molecular formula is C52H41N5. The molecule has 5 nitrogen and oxygen atoms in total. The molecule has 3 unspecified atom stereocenters. The highest BCUT2D eigenvalue weighted by molar-refractivity contribution is 6.03. The molecule has 3 heterocycles.